The monoisotopic (exact) mass is 280 g/mol. The molecular weight excluding hydrogens is 264 g/mol. The van der Waals surface area contributed by atoms with E-state index in [-0.39, 0.29) is 11.6 Å². The second kappa shape index (κ2) is 5.40. The number of benzene rings is 1. The van der Waals surface area contributed by atoms with E-state index in [2.05, 4.69) is 4.98 Å². The van der Waals surface area contributed by atoms with Gasteiger partial charge in [-0.05, 0) is 38.1 Å². The maximum absolute atomic E-state index is 12.0. The zero-order valence-electron chi connectivity index (χ0n) is 12.0. The topological polar surface area (TPSA) is 44.1 Å². The van der Waals surface area contributed by atoms with E-state index < -0.39 is 0 Å². The van der Waals surface area contributed by atoms with Crippen molar-refractivity contribution < 1.29 is 4.74 Å². The van der Waals surface area contributed by atoms with Crippen molar-refractivity contribution in [3.05, 3.63) is 65.0 Å². The summed E-state index contributed by atoms with van der Waals surface area (Å²) in [6.07, 6.45) is 0. The van der Waals surface area contributed by atoms with Crippen molar-refractivity contribution in [1.29, 1.82) is 0 Å². The second-order valence-electron chi connectivity index (χ2n) is 5.11. The van der Waals surface area contributed by atoms with Crippen molar-refractivity contribution in [2.75, 3.05) is 0 Å². The van der Waals surface area contributed by atoms with Gasteiger partial charge in [0.25, 0.3) is 5.56 Å². The number of para-hydroxylation sites is 1. The van der Waals surface area contributed by atoms with Gasteiger partial charge in [0.05, 0.1) is 0 Å². The van der Waals surface area contributed by atoms with Crippen molar-refractivity contribution in [3.63, 3.8) is 0 Å². The van der Waals surface area contributed by atoms with Gasteiger partial charge >= 0.3 is 0 Å². The van der Waals surface area contributed by atoms with Crippen molar-refractivity contribution in [2.45, 2.75) is 19.9 Å². The molecule has 0 saturated carbocycles. The Bertz CT molecular complexity index is 823. The van der Waals surface area contributed by atoms with Gasteiger partial charge in [0.1, 0.15) is 11.4 Å². The molecule has 0 bridgehead atoms. The van der Waals surface area contributed by atoms with Gasteiger partial charge in [0, 0.05) is 23.6 Å². The van der Waals surface area contributed by atoms with Gasteiger partial charge in [-0.25, -0.2) is 0 Å². The number of ether oxygens (including phenoxy) is 1. The van der Waals surface area contributed by atoms with Crippen LogP contribution in [0.4, 0.5) is 0 Å². The summed E-state index contributed by atoms with van der Waals surface area (Å²) in [5.41, 5.74) is 0.591. The minimum atomic E-state index is -0.0538. The molecule has 0 N–H and O–H groups in total. The van der Waals surface area contributed by atoms with Gasteiger partial charge in [0.15, 0.2) is 0 Å². The quantitative estimate of drug-likeness (QED) is 0.733. The van der Waals surface area contributed by atoms with E-state index in [0.29, 0.717) is 11.5 Å². The molecule has 0 unspecified atom stereocenters. The number of fused-ring (bicyclic) bond motifs is 1. The van der Waals surface area contributed by atoms with E-state index in [1.54, 1.807) is 16.7 Å². The zero-order chi connectivity index (χ0) is 14.8. The Labute approximate surface area is 122 Å². The number of aromatic nitrogens is 2. The number of pyridine rings is 2. The van der Waals surface area contributed by atoms with Crippen LogP contribution in [0.25, 0.3) is 11.0 Å². The van der Waals surface area contributed by atoms with Gasteiger partial charge in [-0.2, -0.15) is 4.98 Å². The molecule has 4 nitrogen and oxygen atoms in total. The number of hydrogen-bond donors (Lipinski definition) is 0. The zero-order valence-corrected chi connectivity index (χ0v) is 12.0. The lowest BCUT2D eigenvalue weighted by Crippen LogP contribution is -2.21. The van der Waals surface area contributed by atoms with Crippen molar-refractivity contribution in [2.24, 2.45) is 0 Å². The largest absolute Gasteiger partial charge is 0.439 e. The summed E-state index contributed by atoms with van der Waals surface area (Å²) in [7, 11) is 0. The number of rotatable bonds is 3. The Morgan fingerprint density at radius 2 is 1.71 bits per heavy atom. The van der Waals surface area contributed by atoms with Crippen LogP contribution in [-0.4, -0.2) is 9.55 Å². The predicted octanol–water partition coefficient (Wildman–Crippen LogP) is 3.77. The van der Waals surface area contributed by atoms with E-state index in [9.17, 15) is 4.79 Å². The van der Waals surface area contributed by atoms with Gasteiger partial charge in [0.2, 0.25) is 5.88 Å². The lowest BCUT2D eigenvalue weighted by Gasteiger charge is -2.13. The second-order valence-corrected chi connectivity index (χ2v) is 5.11. The standard InChI is InChI=1S/C17H16N2O2/c1-12(2)19-16(20)11-9-13-8-10-15(18-17(13)19)21-14-6-4-3-5-7-14/h3-12H,1-2H3. The third kappa shape index (κ3) is 2.65. The fourth-order valence-corrected chi connectivity index (χ4v) is 2.28. The summed E-state index contributed by atoms with van der Waals surface area (Å²) in [5.74, 6) is 1.20. The number of nitrogens with zero attached hydrogens (tertiary/aromatic N) is 2. The molecule has 0 fully saturated rings. The molecule has 0 aliphatic rings. The molecule has 3 rings (SSSR count). The molecule has 2 aromatic heterocycles. The highest BCUT2D eigenvalue weighted by molar-refractivity contribution is 5.75. The first-order valence-electron chi connectivity index (χ1n) is 6.90. The average Bonchev–Trinajstić information content (AvgIpc) is 2.47. The van der Waals surface area contributed by atoms with Gasteiger partial charge < -0.3 is 4.74 Å². The maximum atomic E-state index is 12.0. The summed E-state index contributed by atoms with van der Waals surface area (Å²) in [4.78, 5) is 16.5. The molecule has 0 amide bonds. The van der Waals surface area contributed by atoms with Gasteiger partial charge in [-0.15, -0.1) is 0 Å². The van der Waals surface area contributed by atoms with Crippen LogP contribution in [0.3, 0.4) is 0 Å². The highest BCUT2D eigenvalue weighted by Crippen LogP contribution is 2.22. The van der Waals surface area contributed by atoms with E-state index in [0.717, 1.165) is 11.1 Å². The molecule has 4 heteroatoms. The molecule has 3 aromatic rings. The highest BCUT2D eigenvalue weighted by atomic mass is 16.5. The van der Waals surface area contributed by atoms with Crippen LogP contribution < -0.4 is 10.3 Å². The first-order chi connectivity index (χ1) is 10.1. The molecule has 0 aliphatic heterocycles. The molecule has 21 heavy (non-hydrogen) atoms. The predicted molar refractivity (Wildman–Crippen MR) is 82.9 cm³/mol. The summed E-state index contributed by atoms with van der Waals surface area (Å²) in [6, 6.07) is 16.6. The summed E-state index contributed by atoms with van der Waals surface area (Å²) >= 11 is 0. The SMILES string of the molecule is CC(C)n1c(=O)ccc2ccc(Oc3ccccc3)nc21. The minimum Gasteiger partial charge on any atom is -0.439 e. The lowest BCUT2D eigenvalue weighted by molar-refractivity contribution is 0.463. The van der Waals surface area contributed by atoms with Crippen LogP contribution in [-0.2, 0) is 0 Å². The summed E-state index contributed by atoms with van der Waals surface area (Å²) in [5, 5.41) is 0.920. The Hall–Kier alpha value is -2.62. The average molecular weight is 280 g/mol. The molecule has 0 spiro atoms. The fourth-order valence-electron chi connectivity index (χ4n) is 2.28. The molecule has 106 valence electrons. The summed E-state index contributed by atoms with van der Waals surface area (Å²) < 4.78 is 7.41. The van der Waals surface area contributed by atoms with Crippen molar-refractivity contribution in [3.8, 4) is 11.6 Å². The van der Waals surface area contributed by atoms with Crippen molar-refractivity contribution in [1.82, 2.24) is 9.55 Å². The highest BCUT2D eigenvalue weighted by Gasteiger charge is 2.09. The van der Waals surface area contributed by atoms with E-state index in [1.165, 1.54) is 0 Å². The normalized spacial score (nSPS) is 11.0. The van der Waals surface area contributed by atoms with E-state index in [1.807, 2.05) is 56.3 Å². The van der Waals surface area contributed by atoms with Crippen LogP contribution in [0, 0.1) is 0 Å². The molecule has 0 radical (unpaired) electrons. The molecule has 0 saturated heterocycles. The maximum Gasteiger partial charge on any atom is 0.252 e. The Morgan fingerprint density at radius 3 is 2.43 bits per heavy atom. The van der Waals surface area contributed by atoms with Gasteiger partial charge in [-0.3, -0.25) is 9.36 Å². The molecule has 2 heterocycles. The van der Waals surface area contributed by atoms with Crippen LogP contribution in [0.15, 0.2) is 59.4 Å². The Morgan fingerprint density at radius 1 is 1.00 bits per heavy atom. The fraction of sp³-hybridized carbons (Fsp3) is 0.176. The number of hydrogen-bond acceptors (Lipinski definition) is 3. The van der Waals surface area contributed by atoms with Crippen molar-refractivity contribution >= 4 is 11.0 Å². The molecule has 0 aliphatic carbocycles. The third-order valence-corrected chi connectivity index (χ3v) is 3.23. The first kappa shape index (κ1) is 13.4. The minimum absolute atomic E-state index is 0.0423. The Balaban J connectivity index is 2.10. The lowest BCUT2D eigenvalue weighted by atomic mass is 10.2. The molecule has 1 aromatic carbocycles. The third-order valence-electron chi connectivity index (χ3n) is 3.23. The van der Waals surface area contributed by atoms with Crippen LogP contribution >= 0.6 is 0 Å². The first-order valence-corrected chi connectivity index (χ1v) is 6.90. The smallest absolute Gasteiger partial charge is 0.252 e. The van der Waals surface area contributed by atoms with Crippen LogP contribution in [0.5, 0.6) is 11.6 Å². The molecular formula is C17H16N2O2. The van der Waals surface area contributed by atoms with E-state index >= 15 is 0 Å². The molecule has 0 atom stereocenters. The van der Waals surface area contributed by atoms with Crippen LogP contribution in [0.2, 0.25) is 0 Å². The van der Waals surface area contributed by atoms with E-state index in [4.69, 9.17) is 4.74 Å². The summed E-state index contributed by atoms with van der Waals surface area (Å²) in [6.45, 7) is 3.93. The van der Waals surface area contributed by atoms with Crippen LogP contribution in [0.1, 0.15) is 19.9 Å². The van der Waals surface area contributed by atoms with Gasteiger partial charge in [-0.1, -0.05) is 18.2 Å². The Kier molecular flexibility index (Phi) is 3.44.